The Bertz CT molecular complexity index is 1120. The Morgan fingerprint density at radius 3 is 2.31 bits per heavy atom. The largest absolute Gasteiger partial charge is 0.338 e. The molecule has 8 nitrogen and oxygen atoms in total. The number of benzene rings is 1. The average molecular weight is 456 g/mol. The first kappa shape index (κ1) is 22.2. The Morgan fingerprint density at radius 2 is 1.62 bits per heavy atom. The fourth-order valence-electron chi connectivity index (χ4n) is 3.51. The Labute approximate surface area is 187 Å². The molecule has 1 saturated heterocycles. The number of aryl methyl sites for hydroxylation is 1. The van der Waals surface area contributed by atoms with Crippen LogP contribution in [0, 0.1) is 12.2 Å². The summed E-state index contributed by atoms with van der Waals surface area (Å²) in [6.07, 6.45) is 9.52. The number of sulfonamides is 1. The molecule has 0 bridgehead atoms. The van der Waals surface area contributed by atoms with Crippen LogP contribution in [-0.4, -0.2) is 64.6 Å². The standard InChI is InChI=1S/C22H24FN6O2S/c23-20-7-2-1-6-19(20)18-16-26-22(27-17-18)28-11-13-29(14-12-28)32(30,31)15-4-3-8-21-24-9-5-10-25-21/h1-2,4-7,9-10,16-17H,3,8,11-15H2. The van der Waals surface area contributed by atoms with E-state index in [4.69, 9.17) is 0 Å². The zero-order valence-corrected chi connectivity index (χ0v) is 18.3. The number of halogens is 1. The van der Waals surface area contributed by atoms with Gasteiger partial charge in [0, 0.05) is 68.5 Å². The number of nitrogens with zero attached hydrogens (tertiary/aromatic N) is 6. The summed E-state index contributed by atoms with van der Waals surface area (Å²) in [5.74, 6) is 0.885. The molecule has 10 heteroatoms. The molecule has 1 aromatic carbocycles. The van der Waals surface area contributed by atoms with Crippen LogP contribution < -0.4 is 4.90 Å². The van der Waals surface area contributed by atoms with Crippen LogP contribution in [0.15, 0.2) is 55.1 Å². The van der Waals surface area contributed by atoms with E-state index in [1.54, 1.807) is 55.5 Å². The predicted octanol–water partition coefficient (Wildman–Crippen LogP) is 2.36. The van der Waals surface area contributed by atoms with E-state index >= 15 is 0 Å². The van der Waals surface area contributed by atoms with Gasteiger partial charge in [0.15, 0.2) is 0 Å². The summed E-state index contributed by atoms with van der Waals surface area (Å²) in [6, 6.07) is 8.23. The summed E-state index contributed by atoms with van der Waals surface area (Å²) in [7, 11) is -3.36. The van der Waals surface area contributed by atoms with E-state index in [2.05, 4.69) is 19.9 Å². The summed E-state index contributed by atoms with van der Waals surface area (Å²) in [6.45, 7) is 1.74. The molecule has 32 heavy (non-hydrogen) atoms. The minimum Gasteiger partial charge on any atom is -0.338 e. The van der Waals surface area contributed by atoms with Gasteiger partial charge in [0.1, 0.15) is 11.6 Å². The lowest BCUT2D eigenvalue weighted by molar-refractivity contribution is 0.383. The molecule has 1 aliphatic rings. The third kappa shape index (κ3) is 5.43. The fraction of sp³-hybridized carbons (Fsp3) is 0.318. The molecule has 167 valence electrons. The highest BCUT2D eigenvalue weighted by molar-refractivity contribution is 7.89. The maximum atomic E-state index is 13.9. The highest BCUT2D eigenvalue weighted by atomic mass is 32.2. The van der Waals surface area contributed by atoms with Gasteiger partial charge in [-0.25, -0.2) is 32.7 Å². The molecule has 0 aliphatic carbocycles. The molecule has 3 aromatic rings. The molecule has 2 aromatic heterocycles. The Morgan fingerprint density at radius 1 is 0.938 bits per heavy atom. The number of hydrogen-bond donors (Lipinski definition) is 0. The van der Waals surface area contributed by atoms with Crippen molar-refractivity contribution in [3.05, 3.63) is 73.2 Å². The van der Waals surface area contributed by atoms with Crippen molar-refractivity contribution < 1.29 is 12.8 Å². The van der Waals surface area contributed by atoms with Gasteiger partial charge in [0.25, 0.3) is 0 Å². The van der Waals surface area contributed by atoms with Crippen molar-refractivity contribution in [3.8, 4) is 11.1 Å². The van der Waals surface area contributed by atoms with E-state index in [-0.39, 0.29) is 11.6 Å². The zero-order valence-electron chi connectivity index (χ0n) is 17.5. The first-order valence-corrected chi connectivity index (χ1v) is 12.0. The van der Waals surface area contributed by atoms with Crippen molar-refractivity contribution >= 4 is 16.0 Å². The van der Waals surface area contributed by atoms with Crippen molar-refractivity contribution in [1.29, 1.82) is 0 Å². The van der Waals surface area contributed by atoms with E-state index < -0.39 is 10.0 Å². The van der Waals surface area contributed by atoms with Crippen LogP contribution >= 0.6 is 0 Å². The van der Waals surface area contributed by atoms with Gasteiger partial charge < -0.3 is 4.90 Å². The number of anilines is 1. The molecule has 3 heterocycles. The maximum Gasteiger partial charge on any atom is 0.225 e. The van der Waals surface area contributed by atoms with Gasteiger partial charge in [-0.1, -0.05) is 18.2 Å². The lowest BCUT2D eigenvalue weighted by Crippen LogP contribution is -2.49. The molecule has 0 amide bonds. The fourth-order valence-corrected chi connectivity index (χ4v) is 4.91. The maximum absolute atomic E-state index is 13.9. The Kier molecular flexibility index (Phi) is 7.01. The van der Waals surface area contributed by atoms with Crippen LogP contribution in [0.1, 0.15) is 12.2 Å². The van der Waals surface area contributed by atoms with Gasteiger partial charge in [-0.3, -0.25) is 0 Å². The molecule has 1 fully saturated rings. The summed E-state index contributed by atoms with van der Waals surface area (Å²) in [5, 5.41) is 0. The second-order valence-corrected chi connectivity index (χ2v) is 9.42. The summed E-state index contributed by atoms with van der Waals surface area (Å²) >= 11 is 0. The number of hydrogen-bond acceptors (Lipinski definition) is 7. The average Bonchev–Trinajstić information content (AvgIpc) is 2.83. The summed E-state index contributed by atoms with van der Waals surface area (Å²) < 4.78 is 40.8. The minimum atomic E-state index is -3.36. The first-order chi connectivity index (χ1) is 15.5. The SMILES string of the molecule is O=S(=O)(C[CH]CCc1ncccn1)N1CCN(c2ncc(-c3ccccc3F)cn2)CC1. The molecular formula is C22H24FN6O2S. The Hall–Kier alpha value is -2.98. The van der Waals surface area contributed by atoms with Gasteiger partial charge in [-0.05, 0) is 25.0 Å². The molecule has 0 unspecified atom stereocenters. The molecular weight excluding hydrogens is 431 g/mol. The second kappa shape index (κ2) is 10.1. The van der Waals surface area contributed by atoms with Crippen molar-refractivity contribution in [2.24, 2.45) is 0 Å². The first-order valence-electron chi connectivity index (χ1n) is 10.4. The molecule has 4 rings (SSSR count). The van der Waals surface area contributed by atoms with Gasteiger partial charge in [-0.2, -0.15) is 4.31 Å². The van der Waals surface area contributed by atoms with Crippen molar-refractivity contribution in [2.45, 2.75) is 12.8 Å². The van der Waals surface area contributed by atoms with Crippen LogP contribution in [0.4, 0.5) is 10.3 Å². The lowest BCUT2D eigenvalue weighted by atomic mass is 10.1. The monoisotopic (exact) mass is 455 g/mol. The van der Waals surface area contributed by atoms with Crippen molar-refractivity contribution in [1.82, 2.24) is 24.2 Å². The van der Waals surface area contributed by atoms with Gasteiger partial charge in [-0.15, -0.1) is 0 Å². The predicted molar refractivity (Wildman–Crippen MR) is 120 cm³/mol. The van der Waals surface area contributed by atoms with Crippen LogP contribution in [-0.2, 0) is 16.4 Å². The van der Waals surface area contributed by atoms with Crippen molar-refractivity contribution in [3.63, 3.8) is 0 Å². The summed E-state index contributed by atoms with van der Waals surface area (Å²) in [4.78, 5) is 18.9. The third-order valence-corrected chi connectivity index (χ3v) is 7.07. The van der Waals surface area contributed by atoms with Crippen LogP contribution in [0.2, 0.25) is 0 Å². The van der Waals surface area contributed by atoms with E-state index in [0.29, 0.717) is 61.9 Å². The van der Waals surface area contributed by atoms with E-state index in [1.807, 2.05) is 4.90 Å². The number of rotatable bonds is 8. The van der Waals surface area contributed by atoms with Crippen LogP contribution in [0.5, 0.6) is 0 Å². The normalized spacial score (nSPS) is 15.1. The molecule has 0 N–H and O–H groups in total. The highest BCUT2D eigenvalue weighted by Gasteiger charge is 2.27. The zero-order chi connectivity index (χ0) is 22.4. The summed E-state index contributed by atoms with van der Waals surface area (Å²) in [5.41, 5.74) is 1.05. The highest BCUT2D eigenvalue weighted by Crippen LogP contribution is 2.22. The third-order valence-electron chi connectivity index (χ3n) is 5.26. The van der Waals surface area contributed by atoms with Gasteiger partial charge >= 0.3 is 0 Å². The van der Waals surface area contributed by atoms with Crippen molar-refractivity contribution in [2.75, 3.05) is 36.8 Å². The van der Waals surface area contributed by atoms with Gasteiger partial charge in [0.2, 0.25) is 16.0 Å². The van der Waals surface area contributed by atoms with Gasteiger partial charge in [0.05, 0.1) is 5.75 Å². The molecule has 0 spiro atoms. The minimum absolute atomic E-state index is 0.00628. The number of unbranched alkanes of at least 4 members (excludes halogenated alkanes) is 1. The molecule has 0 atom stereocenters. The van der Waals surface area contributed by atoms with Crippen LogP contribution in [0.25, 0.3) is 11.1 Å². The molecule has 0 saturated carbocycles. The number of piperazine rings is 1. The molecule has 1 radical (unpaired) electrons. The van der Waals surface area contributed by atoms with E-state index in [1.165, 1.54) is 10.4 Å². The smallest absolute Gasteiger partial charge is 0.225 e. The number of aromatic nitrogens is 4. The second-order valence-electron chi connectivity index (χ2n) is 7.41. The Balaban J connectivity index is 1.27. The van der Waals surface area contributed by atoms with Crippen LogP contribution in [0.3, 0.4) is 0 Å². The topological polar surface area (TPSA) is 92.2 Å². The lowest BCUT2D eigenvalue weighted by Gasteiger charge is -2.34. The van der Waals surface area contributed by atoms with E-state index in [9.17, 15) is 12.8 Å². The quantitative estimate of drug-likeness (QED) is 0.482. The van der Waals surface area contributed by atoms with E-state index in [0.717, 1.165) is 0 Å². The molecule has 1 aliphatic heterocycles.